The Balaban J connectivity index is 0.00000280. The quantitative estimate of drug-likeness (QED) is 0.335. The van der Waals surface area contributed by atoms with Crippen LogP contribution in [0.5, 0.6) is 17.2 Å². The van der Waals surface area contributed by atoms with Gasteiger partial charge in [-0.05, 0) is 26.2 Å². The van der Waals surface area contributed by atoms with Crippen LogP contribution in [0.1, 0.15) is 32.6 Å². The fourth-order valence-corrected chi connectivity index (χ4v) is 4.25. The van der Waals surface area contributed by atoms with Gasteiger partial charge in [0.2, 0.25) is 5.75 Å². The number of guanidine groups is 1. The number of methoxy groups -OCH3 is 3. The van der Waals surface area contributed by atoms with Gasteiger partial charge in [-0.1, -0.05) is 6.42 Å². The van der Waals surface area contributed by atoms with E-state index in [4.69, 9.17) is 18.9 Å². The molecule has 2 aliphatic carbocycles. The molecule has 8 heteroatoms. The number of halogens is 1. The number of aliphatic imine (C=N–C) groups is 1. The summed E-state index contributed by atoms with van der Waals surface area (Å²) < 4.78 is 22.2. The normalized spacial score (nSPS) is 22.4. The molecular weight excluding hydrogens is 473 g/mol. The molecule has 2 atom stereocenters. The minimum Gasteiger partial charge on any atom is -0.493 e. The number of hydrogen-bond donors (Lipinski definition) is 2. The minimum atomic E-state index is 0. The Bertz CT molecular complexity index is 669. The van der Waals surface area contributed by atoms with Gasteiger partial charge in [-0.25, -0.2) is 0 Å². The van der Waals surface area contributed by atoms with Crippen LogP contribution in [0.2, 0.25) is 0 Å². The van der Waals surface area contributed by atoms with Crippen LogP contribution in [0.15, 0.2) is 17.1 Å². The number of nitrogens with zero attached hydrogens (tertiary/aromatic N) is 1. The Morgan fingerprint density at radius 2 is 1.79 bits per heavy atom. The molecule has 2 saturated carbocycles. The zero-order chi connectivity index (χ0) is 19.4. The molecule has 2 aliphatic rings. The van der Waals surface area contributed by atoms with Crippen LogP contribution in [-0.2, 0) is 4.74 Å². The smallest absolute Gasteiger partial charge is 0.203 e. The molecule has 3 rings (SSSR count). The molecular formula is C20H32IN3O4. The topological polar surface area (TPSA) is 73.3 Å². The van der Waals surface area contributed by atoms with Gasteiger partial charge in [-0.2, -0.15) is 0 Å². The van der Waals surface area contributed by atoms with Gasteiger partial charge in [0.05, 0.1) is 27.4 Å². The highest BCUT2D eigenvalue weighted by Gasteiger charge is 2.59. The van der Waals surface area contributed by atoms with Crippen molar-refractivity contribution in [3.63, 3.8) is 0 Å². The lowest BCUT2D eigenvalue weighted by molar-refractivity contribution is -0.168. The highest BCUT2D eigenvalue weighted by molar-refractivity contribution is 14.0. The molecule has 0 radical (unpaired) electrons. The maximum Gasteiger partial charge on any atom is 0.203 e. The predicted molar refractivity (Wildman–Crippen MR) is 122 cm³/mol. The molecule has 1 spiro atoms. The van der Waals surface area contributed by atoms with Crippen molar-refractivity contribution in [2.75, 3.05) is 40.3 Å². The van der Waals surface area contributed by atoms with Crippen molar-refractivity contribution in [1.82, 2.24) is 5.32 Å². The molecule has 2 N–H and O–H groups in total. The van der Waals surface area contributed by atoms with Crippen LogP contribution in [0.25, 0.3) is 0 Å². The molecule has 7 nitrogen and oxygen atoms in total. The number of hydrogen-bond acceptors (Lipinski definition) is 5. The molecule has 2 fully saturated rings. The van der Waals surface area contributed by atoms with E-state index in [0.29, 0.717) is 29.4 Å². The number of benzene rings is 1. The van der Waals surface area contributed by atoms with E-state index < -0.39 is 0 Å². The average molecular weight is 505 g/mol. The Morgan fingerprint density at radius 3 is 2.21 bits per heavy atom. The summed E-state index contributed by atoms with van der Waals surface area (Å²) in [6.07, 6.45) is 5.10. The summed E-state index contributed by atoms with van der Waals surface area (Å²) in [5, 5.41) is 6.93. The molecule has 1 aromatic rings. The second kappa shape index (κ2) is 9.87. The van der Waals surface area contributed by atoms with E-state index in [1.165, 1.54) is 19.3 Å². The molecule has 0 aliphatic heterocycles. The van der Waals surface area contributed by atoms with Crippen LogP contribution in [0.4, 0.5) is 5.69 Å². The minimum absolute atomic E-state index is 0. The van der Waals surface area contributed by atoms with Crippen LogP contribution >= 0.6 is 24.0 Å². The molecule has 1 aromatic carbocycles. The lowest BCUT2D eigenvalue weighted by atomic mass is 9.51. The van der Waals surface area contributed by atoms with Gasteiger partial charge in [-0.15, -0.1) is 24.0 Å². The first-order chi connectivity index (χ1) is 13.1. The van der Waals surface area contributed by atoms with Crippen LogP contribution in [-0.4, -0.2) is 53.1 Å². The second-order valence-electron chi connectivity index (χ2n) is 7.07. The number of rotatable bonds is 7. The van der Waals surface area contributed by atoms with Gasteiger partial charge >= 0.3 is 0 Å². The maximum absolute atomic E-state index is 5.94. The van der Waals surface area contributed by atoms with Crippen molar-refractivity contribution in [2.24, 2.45) is 10.4 Å². The maximum atomic E-state index is 5.94. The van der Waals surface area contributed by atoms with Crippen molar-refractivity contribution in [3.05, 3.63) is 12.1 Å². The Kier molecular flexibility index (Phi) is 8.06. The third-order valence-electron chi connectivity index (χ3n) is 5.90. The lowest BCUT2D eigenvalue weighted by Gasteiger charge is -2.61. The molecule has 158 valence electrons. The van der Waals surface area contributed by atoms with E-state index in [9.17, 15) is 0 Å². The molecule has 2 unspecified atom stereocenters. The second-order valence-corrected chi connectivity index (χ2v) is 7.07. The van der Waals surface area contributed by atoms with Gasteiger partial charge in [-0.3, -0.25) is 4.99 Å². The van der Waals surface area contributed by atoms with Crippen molar-refractivity contribution in [2.45, 2.75) is 44.8 Å². The Labute approximate surface area is 184 Å². The Morgan fingerprint density at radius 1 is 1.14 bits per heavy atom. The average Bonchev–Trinajstić information content (AvgIpc) is 2.63. The Hall–Kier alpha value is -1.42. The standard InChI is InChI=1S/C20H31N3O4.HI/c1-6-27-17-12-16(20(17)8-7-9-20)23-19(21-2)22-13-10-14(24-3)18(26-5)15(11-13)25-4;/h10-11,16-17H,6-9,12H2,1-5H3,(H2,21,22,23);1H. The first kappa shape index (κ1) is 22.9. The third-order valence-corrected chi connectivity index (χ3v) is 5.90. The van der Waals surface area contributed by atoms with E-state index in [-0.39, 0.29) is 29.4 Å². The van der Waals surface area contributed by atoms with Gasteiger partial charge in [0.15, 0.2) is 17.5 Å². The van der Waals surface area contributed by atoms with Gasteiger partial charge in [0.1, 0.15) is 0 Å². The predicted octanol–water partition coefficient (Wildman–Crippen LogP) is 3.67. The van der Waals surface area contributed by atoms with Crippen LogP contribution in [0.3, 0.4) is 0 Å². The number of anilines is 1. The highest BCUT2D eigenvalue weighted by atomic mass is 127. The first-order valence-corrected chi connectivity index (χ1v) is 9.53. The summed E-state index contributed by atoms with van der Waals surface area (Å²) in [5.74, 6) is 2.51. The largest absolute Gasteiger partial charge is 0.493 e. The van der Waals surface area contributed by atoms with E-state index in [2.05, 4.69) is 22.5 Å². The first-order valence-electron chi connectivity index (χ1n) is 9.53. The number of ether oxygens (including phenoxy) is 4. The fraction of sp³-hybridized carbons (Fsp3) is 0.650. The van der Waals surface area contributed by atoms with Gasteiger partial charge in [0, 0.05) is 42.9 Å². The number of nitrogens with one attached hydrogen (secondary N) is 2. The van der Waals surface area contributed by atoms with E-state index in [1.54, 1.807) is 28.4 Å². The van der Waals surface area contributed by atoms with Crippen molar-refractivity contribution in [3.8, 4) is 17.2 Å². The van der Waals surface area contributed by atoms with Gasteiger partial charge < -0.3 is 29.6 Å². The fourth-order valence-electron chi connectivity index (χ4n) is 4.25. The monoisotopic (exact) mass is 505 g/mol. The zero-order valence-electron chi connectivity index (χ0n) is 17.3. The third kappa shape index (κ3) is 4.12. The SMILES string of the molecule is CCOC1CC(NC(=NC)Nc2cc(OC)c(OC)c(OC)c2)C12CCC2.I. The summed E-state index contributed by atoms with van der Waals surface area (Å²) in [4.78, 5) is 4.39. The molecule has 0 bridgehead atoms. The van der Waals surface area contributed by atoms with Crippen molar-refractivity contribution >= 4 is 35.6 Å². The molecule has 28 heavy (non-hydrogen) atoms. The lowest BCUT2D eigenvalue weighted by Crippen LogP contribution is -2.68. The van der Waals surface area contributed by atoms with Crippen LogP contribution < -0.4 is 24.8 Å². The van der Waals surface area contributed by atoms with E-state index >= 15 is 0 Å². The highest BCUT2D eigenvalue weighted by Crippen LogP contribution is 2.57. The van der Waals surface area contributed by atoms with E-state index in [1.807, 2.05) is 12.1 Å². The summed E-state index contributed by atoms with van der Waals surface area (Å²) in [6, 6.07) is 4.13. The van der Waals surface area contributed by atoms with E-state index in [0.717, 1.165) is 24.7 Å². The molecule has 0 amide bonds. The summed E-state index contributed by atoms with van der Waals surface area (Å²) in [7, 11) is 6.59. The molecule has 0 heterocycles. The molecule has 0 saturated heterocycles. The molecule has 0 aromatic heterocycles. The van der Waals surface area contributed by atoms with Crippen molar-refractivity contribution < 1.29 is 18.9 Å². The summed E-state index contributed by atoms with van der Waals surface area (Å²) in [6.45, 7) is 2.84. The van der Waals surface area contributed by atoms with Crippen molar-refractivity contribution in [1.29, 1.82) is 0 Å². The zero-order valence-corrected chi connectivity index (χ0v) is 19.7. The summed E-state index contributed by atoms with van der Waals surface area (Å²) >= 11 is 0. The van der Waals surface area contributed by atoms with Crippen LogP contribution in [0, 0.1) is 5.41 Å². The summed E-state index contributed by atoms with van der Waals surface area (Å²) in [5.41, 5.74) is 1.09. The van der Waals surface area contributed by atoms with Gasteiger partial charge in [0.25, 0.3) is 0 Å².